The van der Waals surface area contributed by atoms with Gasteiger partial charge in [0, 0.05) is 32.0 Å². The van der Waals surface area contributed by atoms with Crippen molar-refractivity contribution in [2.45, 2.75) is 25.3 Å². The fourth-order valence-electron chi connectivity index (χ4n) is 3.76. The summed E-state index contributed by atoms with van der Waals surface area (Å²) in [5.41, 5.74) is 1.38. The molecule has 140 valence electrons. The lowest BCUT2D eigenvalue weighted by Gasteiger charge is -2.38. The highest BCUT2D eigenvalue weighted by molar-refractivity contribution is 5.99. The van der Waals surface area contributed by atoms with Crippen LogP contribution in [0.25, 0.3) is 0 Å². The van der Waals surface area contributed by atoms with Crippen LogP contribution in [0.15, 0.2) is 77.7 Å². The maximum absolute atomic E-state index is 13.0. The largest absolute Gasteiger partial charge is 0.459 e. The molecule has 0 bridgehead atoms. The summed E-state index contributed by atoms with van der Waals surface area (Å²) in [6.45, 7) is 3.06. The summed E-state index contributed by atoms with van der Waals surface area (Å²) in [5, 5.41) is 1.84. The quantitative estimate of drug-likeness (QED) is 0.672. The zero-order valence-electron chi connectivity index (χ0n) is 15.4. The molecule has 1 aliphatic rings. The molecule has 0 spiro atoms. The van der Waals surface area contributed by atoms with Crippen molar-refractivity contribution in [1.82, 2.24) is 9.58 Å². The predicted octanol–water partition coefficient (Wildman–Crippen LogP) is 3.57. The summed E-state index contributed by atoms with van der Waals surface area (Å²) in [4.78, 5) is 15.5. The van der Waals surface area contributed by atoms with Gasteiger partial charge in [-0.05, 0) is 49.1 Å². The zero-order chi connectivity index (χ0) is 18.5. The van der Waals surface area contributed by atoms with Gasteiger partial charge in [0.1, 0.15) is 0 Å². The number of aromatic nitrogens is 1. The first kappa shape index (κ1) is 17.6. The van der Waals surface area contributed by atoms with Crippen molar-refractivity contribution in [1.29, 1.82) is 0 Å². The van der Waals surface area contributed by atoms with E-state index in [1.165, 1.54) is 5.56 Å². The van der Waals surface area contributed by atoms with E-state index in [0.717, 1.165) is 38.9 Å². The van der Waals surface area contributed by atoms with Crippen LogP contribution in [-0.2, 0) is 6.42 Å². The molecule has 1 amide bonds. The lowest BCUT2D eigenvalue weighted by atomic mass is 10.0. The molecule has 1 saturated heterocycles. The van der Waals surface area contributed by atoms with Crippen LogP contribution >= 0.6 is 0 Å². The topological polar surface area (TPSA) is 41.6 Å². The lowest BCUT2D eigenvalue weighted by molar-refractivity contribution is 0.0892. The Hall–Kier alpha value is -2.79. The van der Waals surface area contributed by atoms with Gasteiger partial charge in [-0.2, -0.15) is 0 Å². The third kappa shape index (κ3) is 4.14. The second-order valence-electron chi connectivity index (χ2n) is 7.00. The van der Waals surface area contributed by atoms with E-state index in [2.05, 4.69) is 35.2 Å². The molecular formula is C22H25N3O2. The molecule has 0 N–H and O–H groups in total. The van der Waals surface area contributed by atoms with Crippen molar-refractivity contribution in [2.24, 2.45) is 0 Å². The van der Waals surface area contributed by atoms with Gasteiger partial charge in [0.15, 0.2) is 5.76 Å². The van der Waals surface area contributed by atoms with Crippen molar-refractivity contribution in [3.63, 3.8) is 0 Å². The first-order chi connectivity index (χ1) is 13.3. The number of likely N-dealkylation sites (tertiary alicyclic amines) is 1. The van der Waals surface area contributed by atoms with Crippen molar-refractivity contribution >= 4 is 5.91 Å². The fourth-order valence-corrected chi connectivity index (χ4v) is 3.76. The second kappa shape index (κ2) is 8.27. The van der Waals surface area contributed by atoms with E-state index in [1.807, 2.05) is 34.2 Å². The summed E-state index contributed by atoms with van der Waals surface area (Å²) in [7, 11) is 0. The van der Waals surface area contributed by atoms with Crippen molar-refractivity contribution in [2.75, 3.05) is 24.6 Å². The van der Waals surface area contributed by atoms with Gasteiger partial charge in [-0.15, -0.1) is 0 Å². The Morgan fingerprint density at radius 1 is 1.00 bits per heavy atom. The van der Waals surface area contributed by atoms with Crippen molar-refractivity contribution in [3.05, 3.63) is 84.6 Å². The van der Waals surface area contributed by atoms with Crippen LogP contribution < -0.4 is 5.01 Å². The zero-order valence-corrected chi connectivity index (χ0v) is 15.4. The molecule has 3 aromatic rings. The molecule has 3 heterocycles. The van der Waals surface area contributed by atoms with E-state index in [-0.39, 0.29) is 11.9 Å². The molecule has 0 saturated carbocycles. The Balaban J connectivity index is 1.39. The average Bonchev–Trinajstić information content (AvgIpc) is 3.43. The third-order valence-corrected chi connectivity index (χ3v) is 5.24. The minimum Gasteiger partial charge on any atom is -0.459 e. The highest BCUT2D eigenvalue weighted by Crippen LogP contribution is 2.19. The molecule has 0 unspecified atom stereocenters. The molecule has 0 atom stereocenters. The summed E-state index contributed by atoms with van der Waals surface area (Å²) in [6, 6.07) is 18.2. The molecule has 1 aliphatic heterocycles. The highest BCUT2D eigenvalue weighted by atomic mass is 16.3. The Kier molecular flexibility index (Phi) is 5.39. The molecule has 2 aromatic heterocycles. The number of piperidine rings is 1. The lowest BCUT2D eigenvalue weighted by Crippen LogP contribution is -2.52. The predicted molar refractivity (Wildman–Crippen MR) is 105 cm³/mol. The van der Waals surface area contributed by atoms with Crippen LogP contribution in [0.3, 0.4) is 0 Å². The average molecular weight is 363 g/mol. The van der Waals surface area contributed by atoms with E-state index < -0.39 is 0 Å². The highest BCUT2D eigenvalue weighted by Gasteiger charge is 2.30. The van der Waals surface area contributed by atoms with Crippen LogP contribution in [0.5, 0.6) is 0 Å². The number of amides is 1. The Bertz CT molecular complexity index is 820. The van der Waals surface area contributed by atoms with E-state index in [4.69, 9.17) is 4.42 Å². The van der Waals surface area contributed by atoms with E-state index in [1.54, 1.807) is 18.4 Å². The number of hydrogen-bond donors (Lipinski definition) is 0. The maximum atomic E-state index is 13.0. The van der Waals surface area contributed by atoms with Crippen molar-refractivity contribution in [3.8, 4) is 0 Å². The molecule has 27 heavy (non-hydrogen) atoms. The SMILES string of the molecule is O=C(c1ccco1)N(C1CCN(CCc2ccccc2)CC1)n1cccc1. The Morgan fingerprint density at radius 3 is 2.41 bits per heavy atom. The summed E-state index contributed by atoms with van der Waals surface area (Å²) in [5.74, 6) is 0.300. The normalized spacial score (nSPS) is 15.7. The fraction of sp³-hybridized carbons (Fsp3) is 0.318. The van der Waals surface area contributed by atoms with E-state index in [0.29, 0.717) is 5.76 Å². The molecule has 5 heteroatoms. The summed E-state index contributed by atoms with van der Waals surface area (Å²) in [6.07, 6.45) is 8.37. The molecular weight excluding hydrogens is 338 g/mol. The van der Waals surface area contributed by atoms with E-state index in [9.17, 15) is 4.79 Å². The summed E-state index contributed by atoms with van der Waals surface area (Å²) < 4.78 is 7.24. The van der Waals surface area contributed by atoms with Gasteiger partial charge >= 0.3 is 5.91 Å². The number of rotatable bonds is 6. The number of benzene rings is 1. The number of carbonyl (C=O) groups excluding carboxylic acids is 1. The van der Waals surface area contributed by atoms with Gasteiger partial charge in [0.25, 0.3) is 0 Å². The molecule has 5 nitrogen and oxygen atoms in total. The Labute approximate surface area is 159 Å². The van der Waals surface area contributed by atoms with Gasteiger partial charge < -0.3 is 9.32 Å². The van der Waals surface area contributed by atoms with Crippen LogP contribution in [-0.4, -0.2) is 41.2 Å². The number of nitrogens with zero attached hydrogens (tertiary/aromatic N) is 3. The smallest absolute Gasteiger partial charge is 0.308 e. The molecule has 0 radical (unpaired) electrons. The minimum atomic E-state index is -0.0843. The third-order valence-electron chi connectivity index (χ3n) is 5.24. The first-order valence-electron chi connectivity index (χ1n) is 9.58. The van der Waals surface area contributed by atoms with Gasteiger partial charge in [-0.25, -0.2) is 5.01 Å². The van der Waals surface area contributed by atoms with Gasteiger partial charge in [0.2, 0.25) is 0 Å². The molecule has 4 rings (SSSR count). The number of carbonyl (C=O) groups is 1. The van der Waals surface area contributed by atoms with Crippen LogP contribution in [0.1, 0.15) is 29.0 Å². The molecule has 1 fully saturated rings. The molecule has 1 aromatic carbocycles. The maximum Gasteiger partial charge on any atom is 0.308 e. The second-order valence-corrected chi connectivity index (χ2v) is 7.00. The van der Waals surface area contributed by atoms with Gasteiger partial charge in [-0.1, -0.05) is 30.3 Å². The minimum absolute atomic E-state index is 0.0843. The Morgan fingerprint density at radius 2 is 1.74 bits per heavy atom. The van der Waals surface area contributed by atoms with Gasteiger partial charge in [-0.3, -0.25) is 9.47 Å². The summed E-state index contributed by atoms with van der Waals surface area (Å²) >= 11 is 0. The molecule has 0 aliphatic carbocycles. The standard InChI is InChI=1S/C22H25N3O2/c26-22(21-9-6-18-27-21)25(24-13-4-5-14-24)20-11-16-23(17-12-20)15-10-19-7-2-1-3-8-19/h1-9,13-14,18,20H,10-12,15-17H2. The van der Waals surface area contributed by atoms with E-state index >= 15 is 0 Å². The van der Waals surface area contributed by atoms with Gasteiger partial charge in [0.05, 0.1) is 12.3 Å². The number of furan rings is 1. The van der Waals surface area contributed by atoms with Crippen LogP contribution in [0.2, 0.25) is 0 Å². The van der Waals surface area contributed by atoms with Crippen LogP contribution in [0.4, 0.5) is 0 Å². The monoisotopic (exact) mass is 363 g/mol. The van der Waals surface area contributed by atoms with Crippen LogP contribution in [0, 0.1) is 0 Å². The number of hydrogen-bond acceptors (Lipinski definition) is 3. The van der Waals surface area contributed by atoms with Crippen molar-refractivity contribution < 1.29 is 9.21 Å². The first-order valence-corrected chi connectivity index (χ1v) is 9.58.